The van der Waals surface area contributed by atoms with E-state index in [1.165, 1.54) is 12.1 Å². The fraction of sp³-hybridized carbons (Fsp3) is 0.450. The number of benzene rings is 1. The van der Waals surface area contributed by atoms with Crippen molar-refractivity contribution in [1.82, 2.24) is 15.1 Å². The molecule has 154 valence electrons. The van der Waals surface area contributed by atoms with Crippen LogP contribution in [0, 0.1) is 5.82 Å². The van der Waals surface area contributed by atoms with Gasteiger partial charge in [0, 0.05) is 31.7 Å². The van der Waals surface area contributed by atoms with E-state index in [9.17, 15) is 14.3 Å². The Balaban J connectivity index is 1.58. The molecule has 8 nitrogen and oxygen atoms in total. The zero-order chi connectivity index (χ0) is 20.8. The minimum Gasteiger partial charge on any atom is -0.504 e. The summed E-state index contributed by atoms with van der Waals surface area (Å²) in [5.74, 6) is -0.521. The van der Waals surface area contributed by atoms with Crippen LogP contribution in [0.5, 0.6) is 5.75 Å². The van der Waals surface area contributed by atoms with Crippen LogP contribution >= 0.6 is 0 Å². The second-order valence-electron chi connectivity index (χ2n) is 8.25. The van der Waals surface area contributed by atoms with E-state index >= 15 is 0 Å². The number of carbonyl (C=O) groups is 1. The van der Waals surface area contributed by atoms with Crippen LogP contribution < -0.4 is 10.2 Å². The zero-order valence-corrected chi connectivity index (χ0v) is 16.6. The number of hydrogen-bond acceptors (Lipinski definition) is 7. The Morgan fingerprint density at radius 3 is 2.86 bits per heavy atom. The molecule has 0 saturated carbocycles. The molecule has 2 aliphatic heterocycles. The average Bonchev–Trinajstić information content (AvgIpc) is 2.68. The maximum absolute atomic E-state index is 13.7. The summed E-state index contributed by atoms with van der Waals surface area (Å²) < 4.78 is 19.2. The SMILES string of the molecule is CC(C)(C)OC(=O)N1CCN2c3cc(-c4cccc(F)c4O)nnc3NCC2C1. The van der Waals surface area contributed by atoms with Crippen molar-refractivity contribution in [3.05, 3.63) is 30.1 Å². The highest BCUT2D eigenvalue weighted by atomic mass is 19.1. The molecule has 1 fully saturated rings. The summed E-state index contributed by atoms with van der Waals surface area (Å²) in [4.78, 5) is 16.3. The van der Waals surface area contributed by atoms with E-state index < -0.39 is 17.2 Å². The van der Waals surface area contributed by atoms with Crippen molar-refractivity contribution < 1.29 is 19.0 Å². The number of para-hydroxylation sites is 1. The summed E-state index contributed by atoms with van der Waals surface area (Å²) in [5.41, 5.74) is 0.953. The van der Waals surface area contributed by atoms with Crippen molar-refractivity contribution in [2.75, 3.05) is 36.4 Å². The van der Waals surface area contributed by atoms with Gasteiger partial charge in [-0.25, -0.2) is 9.18 Å². The number of nitrogens with one attached hydrogen (secondary N) is 1. The first-order chi connectivity index (χ1) is 13.7. The number of phenols is 1. The second kappa shape index (κ2) is 7.06. The summed E-state index contributed by atoms with van der Waals surface area (Å²) in [6.07, 6.45) is -0.318. The minimum absolute atomic E-state index is 0.0434. The lowest BCUT2D eigenvalue weighted by atomic mass is 10.1. The molecule has 1 saturated heterocycles. The number of aromatic hydroxyl groups is 1. The van der Waals surface area contributed by atoms with Crippen LogP contribution in [0.1, 0.15) is 20.8 Å². The summed E-state index contributed by atoms with van der Waals surface area (Å²) >= 11 is 0. The molecular formula is C20H24FN5O3. The van der Waals surface area contributed by atoms with Gasteiger partial charge in [0.25, 0.3) is 0 Å². The van der Waals surface area contributed by atoms with Crippen molar-refractivity contribution in [3.63, 3.8) is 0 Å². The number of rotatable bonds is 1. The molecule has 4 rings (SSSR count). The van der Waals surface area contributed by atoms with Crippen molar-refractivity contribution in [2.45, 2.75) is 32.4 Å². The highest BCUT2D eigenvalue weighted by Crippen LogP contribution is 2.36. The molecule has 0 spiro atoms. The smallest absolute Gasteiger partial charge is 0.410 e. The molecular weight excluding hydrogens is 377 g/mol. The van der Waals surface area contributed by atoms with E-state index in [1.54, 1.807) is 17.0 Å². The van der Waals surface area contributed by atoms with Gasteiger partial charge in [-0.05, 0) is 39.0 Å². The normalized spacial score (nSPS) is 18.6. The first-order valence-electron chi connectivity index (χ1n) is 9.57. The fourth-order valence-corrected chi connectivity index (χ4v) is 3.63. The van der Waals surface area contributed by atoms with Crippen molar-refractivity contribution in [2.24, 2.45) is 0 Å². The number of amides is 1. The van der Waals surface area contributed by atoms with E-state index in [-0.39, 0.29) is 17.7 Å². The molecule has 0 bridgehead atoms. The van der Waals surface area contributed by atoms with Crippen molar-refractivity contribution in [3.8, 4) is 17.0 Å². The maximum atomic E-state index is 13.7. The lowest BCUT2D eigenvalue weighted by Gasteiger charge is -2.45. The van der Waals surface area contributed by atoms with Gasteiger partial charge in [0.15, 0.2) is 17.4 Å². The summed E-state index contributed by atoms with van der Waals surface area (Å²) in [6.45, 7) is 7.81. The Morgan fingerprint density at radius 2 is 2.10 bits per heavy atom. The third-order valence-electron chi connectivity index (χ3n) is 4.99. The molecule has 2 N–H and O–H groups in total. The van der Waals surface area contributed by atoms with Crippen LogP contribution in [0.2, 0.25) is 0 Å². The Kier molecular flexibility index (Phi) is 4.68. The van der Waals surface area contributed by atoms with Crippen LogP contribution in [-0.2, 0) is 4.74 Å². The molecule has 1 amide bonds. The highest BCUT2D eigenvalue weighted by Gasteiger charge is 2.36. The minimum atomic E-state index is -0.705. The maximum Gasteiger partial charge on any atom is 0.410 e. The van der Waals surface area contributed by atoms with Crippen molar-refractivity contribution >= 4 is 17.6 Å². The molecule has 1 aromatic carbocycles. The van der Waals surface area contributed by atoms with Crippen LogP contribution in [0.15, 0.2) is 24.3 Å². The molecule has 3 heterocycles. The third-order valence-corrected chi connectivity index (χ3v) is 4.99. The number of fused-ring (bicyclic) bond motifs is 3. The predicted octanol–water partition coefficient (Wildman–Crippen LogP) is 2.84. The number of carbonyl (C=O) groups excluding carboxylic acids is 1. The molecule has 2 aromatic rings. The number of phenolic OH excluding ortho intramolecular Hbond substituents is 1. The Morgan fingerprint density at radius 1 is 1.31 bits per heavy atom. The zero-order valence-electron chi connectivity index (χ0n) is 16.6. The number of hydrogen-bond donors (Lipinski definition) is 2. The van der Waals surface area contributed by atoms with Gasteiger partial charge >= 0.3 is 6.09 Å². The molecule has 2 aliphatic rings. The van der Waals surface area contributed by atoms with Gasteiger partial charge < -0.3 is 25.0 Å². The number of anilines is 2. The first kappa shape index (κ1) is 19.2. The third kappa shape index (κ3) is 3.76. The summed E-state index contributed by atoms with van der Waals surface area (Å²) in [7, 11) is 0. The lowest BCUT2D eigenvalue weighted by Crippen LogP contribution is -2.59. The van der Waals surface area contributed by atoms with E-state index in [4.69, 9.17) is 4.74 Å². The lowest BCUT2D eigenvalue weighted by molar-refractivity contribution is 0.0216. The van der Waals surface area contributed by atoms with Crippen LogP contribution in [0.3, 0.4) is 0 Å². The van der Waals surface area contributed by atoms with Crippen LogP contribution in [-0.4, -0.2) is 64.1 Å². The number of aromatic nitrogens is 2. The van der Waals surface area contributed by atoms with Gasteiger partial charge in [-0.15, -0.1) is 10.2 Å². The molecule has 0 radical (unpaired) electrons. The average molecular weight is 401 g/mol. The number of ether oxygens (including phenoxy) is 1. The quantitative estimate of drug-likeness (QED) is 0.759. The molecule has 0 aliphatic carbocycles. The number of piperazine rings is 1. The predicted molar refractivity (Wildman–Crippen MR) is 107 cm³/mol. The molecule has 1 atom stereocenters. The van der Waals surface area contributed by atoms with E-state index in [0.717, 1.165) is 5.69 Å². The van der Waals surface area contributed by atoms with E-state index in [1.807, 2.05) is 20.8 Å². The van der Waals surface area contributed by atoms with Gasteiger partial charge in [-0.3, -0.25) is 0 Å². The molecule has 9 heteroatoms. The van der Waals surface area contributed by atoms with Gasteiger partial charge in [0.05, 0.1) is 17.4 Å². The number of nitrogens with zero attached hydrogens (tertiary/aromatic N) is 4. The Bertz CT molecular complexity index is 946. The molecule has 29 heavy (non-hydrogen) atoms. The molecule has 1 aromatic heterocycles. The van der Waals surface area contributed by atoms with E-state index in [0.29, 0.717) is 37.7 Å². The first-order valence-corrected chi connectivity index (χ1v) is 9.57. The second-order valence-corrected chi connectivity index (χ2v) is 8.25. The van der Waals surface area contributed by atoms with E-state index in [2.05, 4.69) is 20.4 Å². The summed E-state index contributed by atoms with van der Waals surface area (Å²) in [5, 5.41) is 21.6. The highest BCUT2D eigenvalue weighted by molar-refractivity contribution is 5.77. The van der Waals surface area contributed by atoms with Gasteiger partial charge in [-0.2, -0.15) is 0 Å². The Labute approximate surface area is 168 Å². The fourth-order valence-electron chi connectivity index (χ4n) is 3.63. The monoisotopic (exact) mass is 401 g/mol. The van der Waals surface area contributed by atoms with Crippen molar-refractivity contribution in [1.29, 1.82) is 0 Å². The van der Waals surface area contributed by atoms with Gasteiger partial charge in [0.1, 0.15) is 5.60 Å². The van der Waals surface area contributed by atoms with Crippen LogP contribution in [0.4, 0.5) is 20.7 Å². The number of halogens is 1. The summed E-state index contributed by atoms with van der Waals surface area (Å²) in [6, 6.07) is 6.15. The van der Waals surface area contributed by atoms with Crippen LogP contribution in [0.25, 0.3) is 11.3 Å². The van der Waals surface area contributed by atoms with Gasteiger partial charge in [-0.1, -0.05) is 6.07 Å². The van der Waals surface area contributed by atoms with Gasteiger partial charge in [0.2, 0.25) is 0 Å². The standard InChI is InChI=1S/C20H24FN5O3/c1-20(2,3)29-19(28)25-7-8-26-12(11-25)10-22-18-16(26)9-15(23-24-18)13-5-4-6-14(21)17(13)27/h4-6,9,12,27H,7-8,10-11H2,1-3H3,(H,22,24). The molecule has 1 unspecified atom stereocenters. The Hall–Kier alpha value is -3.10. The largest absolute Gasteiger partial charge is 0.504 e. The topological polar surface area (TPSA) is 90.8 Å².